The Kier molecular flexibility index (Phi) is 5.57. The van der Waals surface area contributed by atoms with Crippen molar-refractivity contribution >= 4 is 21.7 Å². The molecule has 1 aromatic heterocycles. The first kappa shape index (κ1) is 16.6. The summed E-state index contributed by atoms with van der Waals surface area (Å²) in [4.78, 5) is 9.41. The Hall–Kier alpha value is -0.720. The van der Waals surface area contributed by atoms with E-state index < -0.39 is 0 Å². The monoisotopic (exact) mass is 357 g/mol. The van der Waals surface area contributed by atoms with Gasteiger partial charge in [0.25, 0.3) is 0 Å². The van der Waals surface area contributed by atoms with E-state index in [2.05, 4.69) is 33.2 Å². The number of rotatable bonds is 5. The molecule has 1 N–H and O–H groups in total. The fraction of sp³-hybridized carbons (Fsp3) is 0.733. The number of aromatic nitrogens is 2. The van der Waals surface area contributed by atoms with Crippen molar-refractivity contribution < 1.29 is 9.47 Å². The highest BCUT2D eigenvalue weighted by Crippen LogP contribution is 2.42. The average molecular weight is 358 g/mol. The predicted octanol–water partition coefficient (Wildman–Crippen LogP) is 3.48. The lowest BCUT2D eigenvalue weighted by molar-refractivity contribution is -0.0648. The summed E-state index contributed by atoms with van der Waals surface area (Å²) in [5.41, 5.74) is 0.466. The van der Waals surface area contributed by atoms with Gasteiger partial charge in [-0.25, -0.2) is 9.97 Å². The van der Waals surface area contributed by atoms with Gasteiger partial charge in [-0.15, -0.1) is 0 Å². The van der Waals surface area contributed by atoms with Gasteiger partial charge in [0.05, 0.1) is 16.8 Å². The van der Waals surface area contributed by atoms with Crippen molar-refractivity contribution in [3.8, 4) is 0 Å². The molecule has 1 fully saturated rings. The van der Waals surface area contributed by atoms with Crippen molar-refractivity contribution in [1.29, 1.82) is 0 Å². The summed E-state index contributed by atoms with van der Waals surface area (Å²) in [6.45, 7) is 2.71. The normalized spacial score (nSPS) is 25.9. The van der Waals surface area contributed by atoms with E-state index in [4.69, 9.17) is 14.5 Å². The lowest BCUT2D eigenvalue weighted by Gasteiger charge is -2.37. The topological polar surface area (TPSA) is 56.3 Å². The molecule has 2 atom stereocenters. The van der Waals surface area contributed by atoms with Crippen molar-refractivity contribution in [2.45, 2.75) is 44.8 Å². The standard InChI is InChI=1S/C15H24BrN3O2/c1-10-6-5-7-15(8-10,21-4)14-18-11(9-20-3)12(16)13(17-2)19-14/h10H,5-9H2,1-4H3,(H,17,18,19). The third kappa shape index (κ3) is 3.38. The highest BCUT2D eigenvalue weighted by molar-refractivity contribution is 9.10. The van der Waals surface area contributed by atoms with Crippen LogP contribution >= 0.6 is 15.9 Å². The minimum atomic E-state index is -0.382. The minimum absolute atomic E-state index is 0.382. The van der Waals surface area contributed by atoms with Crippen LogP contribution in [0.25, 0.3) is 0 Å². The van der Waals surface area contributed by atoms with Gasteiger partial charge in [0.1, 0.15) is 11.4 Å². The number of methoxy groups -OCH3 is 2. The summed E-state index contributed by atoms with van der Waals surface area (Å²) in [6.07, 6.45) is 4.31. The quantitative estimate of drug-likeness (QED) is 0.873. The molecule has 0 bridgehead atoms. The van der Waals surface area contributed by atoms with Crippen LogP contribution < -0.4 is 5.32 Å². The molecular weight excluding hydrogens is 334 g/mol. The molecule has 2 unspecified atom stereocenters. The van der Waals surface area contributed by atoms with E-state index in [1.54, 1.807) is 14.2 Å². The van der Waals surface area contributed by atoms with Crippen molar-refractivity contribution in [2.75, 3.05) is 26.6 Å². The lowest BCUT2D eigenvalue weighted by atomic mass is 9.78. The van der Waals surface area contributed by atoms with E-state index in [9.17, 15) is 0 Å². The van der Waals surface area contributed by atoms with E-state index >= 15 is 0 Å². The van der Waals surface area contributed by atoms with Gasteiger partial charge < -0.3 is 14.8 Å². The van der Waals surface area contributed by atoms with Gasteiger partial charge in [0.2, 0.25) is 0 Å². The summed E-state index contributed by atoms with van der Waals surface area (Å²) < 4.78 is 12.0. The number of nitrogens with one attached hydrogen (secondary N) is 1. The summed E-state index contributed by atoms with van der Waals surface area (Å²) in [6, 6.07) is 0. The Morgan fingerprint density at radius 3 is 2.71 bits per heavy atom. The van der Waals surface area contributed by atoms with Gasteiger partial charge in [0.15, 0.2) is 5.82 Å². The van der Waals surface area contributed by atoms with E-state index in [1.165, 1.54) is 6.42 Å². The fourth-order valence-electron chi connectivity index (χ4n) is 3.08. The first-order valence-electron chi connectivity index (χ1n) is 7.35. The van der Waals surface area contributed by atoms with Crippen LogP contribution in [0.5, 0.6) is 0 Å². The Morgan fingerprint density at radius 1 is 1.38 bits per heavy atom. The molecule has 0 aromatic carbocycles. The number of ether oxygens (including phenoxy) is 2. The van der Waals surface area contributed by atoms with Gasteiger partial charge in [-0.1, -0.05) is 13.3 Å². The molecule has 1 heterocycles. The van der Waals surface area contributed by atoms with E-state index in [0.29, 0.717) is 12.5 Å². The first-order valence-corrected chi connectivity index (χ1v) is 8.14. The zero-order chi connectivity index (χ0) is 15.5. The molecule has 0 amide bonds. The zero-order valence-electron chi connectivity index (χ0n) is 13.2. The largest absolute Gasteiger partial charge is 0.378 e. The highest BCUT2D eigenvalue weighted by atomic mass is 79.9. The van der Waals surface area contributed by atoms with Crippen LogP contribution in [0.2, 0.25) is 0 Å². The van der Waals surface area contributed by atoms with Crippen molar-refractivity contribution in [2.24, 2.45) is 5.92 Å². The van der Waals surface area contributed by atoms with Crippen LogP contribution in [0.1, 0.15) is 44.1 Å². The molecule has 1 aliphatic carbocycles. The number of hydrogen-bond donors (Lipinski definition) is 1. The second-order valence-corrected chi connectivity index (χ2v) is 6.53. The van der Waals surface area contributed by atoms with Crippen LogP contribution in [-0.4, -0.2) is 31.2 Å². The molecule has 5 nitrogen and oxygen atoms in total. The van der Waals surface area contributed by atoms with Crippen molar-refractivity contribution in [1.82, 2.24) is 9.97 Å². The molecule has 1 aromatic rings. The summed E-state index contributed by atoms with van der Waals surface area (Å²) >= 11 is 3.54. The van der Waals surface area contributed by atoms with Gasteiger partial charge in [-0.2, -0.15) is 0 Å². The van der Waals surface area contributed by atoms with Crippen LogP contribution in [-0.2, 0) is 21.7 Å². The summed E-state index contributed by atoms with van der Waals surface area (Å²) in [5, 5.41) is 3.12. The Labute approximate surface area is 135 Å². The van der Waals surface area contributed by atoms with Crippen LogP contribution in [0.3, 0.4) is 0 Å². The molecule has 1 aliphatic rings. The zero-order valence-corrected chi connectivity index (χ0v) is 14.8. The minimum Gasteiger partial charge on any atom is -0.378 e. The van der Waals surface area contributed by atoms with Gasteiger partial charge in [0, 0.05) is 21.3 Å². The fourth-order valence-corrected chi connectivity index (χ4v) is 3.57. The second kappa shape index (κ2) is 7.03. The van der Waals surface area contributed by atoms with E-state index in [1.807, 2.05) is 7.05 Å². The smallest absolute Gasteiger partial charge is 0.163 e. The molecule has 0 radical (unpaired) electrons. The van der Waals surface area contributed by atoms with E-state index in [0.717, 1.165) is 41.1 Å². The van der Waals surface area contributed by atoms with Gasteiger partial charge in [-0.05, 0) is 41.1 Å². The number of hydrogen-bond acceptors (Lipinski definition) is 5. The lowest BCUT2D eigenvalue weighted by Crippen LogP contribution is -2.36. The molecular formula is C15H24BrN3O2. The molecule has 21 heavy (non-hydrogen) atoms. The van der Waals surface area contributed by atoms with Gasteiger partial charge >= 0.3 is 0 Å². The molecule has 118 valence electrons. The molecule has 1 saturated carbocycles. The summed E-state index contributed by atoms with van der Waals surface area (Å²) in [5.74, 6) is 2.16. The number of halogens is 1. The molecule has 0 aliphatic heterocycles. The maximum Gasteiger partial charge on any atom is 0.163 e. The van der Waals surface area contributed by atoms with E-state index in [-0.39, 0.29) is 5.60 Å². The number of nitrogens with zero attached hydrogens (tertiary/aromatic N) is 2. The molecule has 0 saturated heterocycles. The maximum atomic E-state index is 5.90. The Morgan fingerprint density at radius 2 is 2.14 bits per heavy atom. The third-order valence-corrected chi connectivity index (χ3v) is 5.02. The van der Waals surface area contributed by atoms with Crippen molar-refractivity contribution in [3.05, 3.63) is 16.0 Å². The highest BCUT2D eigenvalue weighted by Gasteiger charge is 2.40. The Balaban J connectivity index is 2.47. The first-order chi connectivity index (χ1) is 10.1. The predicted molar refractivity (Wildman–Crippen MR) is 86.3 cm³/mol. The average Bonchev–Trinajstić information content (AvgIpc) is 2.49. The molecule has 2 rings (SSSR count). The van der Waals surface area contributed by atoms with Crippen molar-refractivity contribution in [3.63, 3.8) is 0 Å². The SMILES string of the molecule is CNc1nc(C2(OC)CCCC(C)C2)nc(COC)c1Br. The summed E-state index contributed by atoms with van der Waals surface area (Å²) in [7, 11) is 5.29. The third-order valence-electron chi connectivity index (χ3n) is 4.19. The number of anilines is 1. The maximum absolute atomic E-state index is 5.90. The van der Waals surface area contributed by atoms with Gasteiger partial charge in [-0.3, -0.25) is 0 Å². The van der Waals surface area contributed by atoms with Crippen LogP contribution in [0.15, 0.2) is 4.47 Å². The second-order valence-electron chi connectivity index (χ2n) is 5.74. The molecule has 0 spiro atoms. The Bertz CT molecular complexity index is 498. The molecule has 6 heteroatoms. The van der Waals surface area contributed by atoms with Crippen LogP contribution in [0, 0.1) is 5.92 Å². The van der Waals surface area contributed by atoms with Crippen LogP contribution in [0.4, 0.5) is 5.82 Å².